The molecule has 0 aliphatic rings. The van der Waals surface area contributed by atoms with Gasteiger partial charge in [-0.3, -0.25) is 9.36 Å². The van der Waals surface area contributed by atoms with Gasteiger partial charge in [0.15, 0.2) is 4.34 Å². The second kappa shape index (κ2) is 6.44. The zero-order chi connectivity index (χ0) is 15.7. The fourth-order valence-electron chi connectivity index (χ4n) is 2.12. The summed E-state index contributed by atoms with van der Waals surface area (Å²) in [5.41, 5.74) is 1.49. The minimum absolute atomic E-state index is 0.0725. The summed E-state index contributed by atoms with van der Waals surface area (Å²) < 4.78 is 9.41. The molecule has 0 bridgehead atoms. The smallest absolute Gasteiger partial charge is 0.279 e. The van der Waals surface area contributed by atoms with E-state index in [0.717, 1.165) is 25.0 Å². The first-order valence-electron chi connectivity index (χ1n) is 6.49. The molecule has 22 heavy (non-hydrogen) atoms. The van der Waals surface area contributed by atoms with Gasteiger partial charge in [0.2, 0.25) is 0 Å². The van der Waals surface area contributed by atoms with Crippen molar-refractivity contribution in [3.8, 4) is 5.75 Å². The van der Waals surface area contributed by atoms with E-state index in [0.29, 0.717) is 12.1 Å². The number of fused-ring (bicyclic) bond motifs is 1. The Morgan fingerprint density at radius 2 is 2.09 bits per heavy atom. The summed E-state index contributed by atoms with van der Waals surface area (Å²) in [6, 6.07) is 9.65. The van der Waals surface area contributed by atoms with Crippen LogP contribution in [0.4, 0.5) is 0 Å². The van der Waals surface area contributed by atoms with Gasteiger partial charge in [0.1, 0.15) is 11.3 Å². The molecule has 3 rings (SSSR count). The van der Waals surface area contributed by atoms with E-state index >= 15 is 0 Å². The van der Waals surface area contributed by atoms with Gasteiger partial charge in [-0.25, -0.2) is 4.98 Å². The second-order valence-corrected chi connectivity index (χ2v) is 7.50. The first-order chi connectivity index (χ1) is 10.6. The summed E-state index contributed by atoms with van der Waals surface area (Å²) in [5.74, 6) is 0.801. The molecule has 0 saturated carbocycles. The van der Waals surface area contributed by atoms with Crippen LogP contribution < -0.4 is 10.3 Å². The predicted octanol–water partition coefficient (Wildman–Crippen LogP) is 4.00. The highest BCUT2D eigenvalue weighted by Gasteiger charge is 2.13. The van der Waals surface area contributed by atoms with E-state index in [1.54, 1.807) is 23.4 Å². The number of halogens is 1. The molecule has 7 heteroatoms. The van der Waals surface area contributed by atoms with Crippen molar-refractivity contribution in [1.29, 1.82) is 0 Å². The third-order valence-electron chi connectivity index (χ3n) is 3.26. The predicted molar refractivity (Wildman–Crippen MR) is 95.5 cm³/mol. The molecule has 0 amide bonds. The first-order valence-corrected chi connectivity index (χ1v) is 9.32. The van der Waals surface area contributed by atoms with Gasteiger partial charge >= 0.3 is 0 Å². The lowest BCUT2D eigenvalue weighted by Gasteiger charge is -2.09. The molecule has 2 aromatic heterocycles. The average molecular weight is 397 g/mol. The van der Waals surface area contributed by atoms with Crippen LogP contribution in [0.5, 0.6) is 5.75 Å². The van der Waals surface area contributed by atoms with Gasteiger partial charge in [0.25, 0.3) is 5.56 Å². The van der Waals surface area contributed by atoms with Crippen molar-refractivity contribution < 1.29 is 4.74 Å². The van der Waals surface area contributed by atoms with Crippen LogP contribution in [0.25, 0.3) is 10.2 Å². The molecule has 2 heterocycles. The van der Waals surface area contributed by atoms with Gasteiger partial charge in [-0.15, -0.1) is 11.3 Å². The molecule has 0 radical (unpaired) electrons. The van der Waals surface area contributed by atoms with Crippen molar-refractivity contribution >= 4 is 49.2 Å². The van der Waals surface area contributed by atoms with Crippen LogP contribution in [0, 0.1) is 0 Å². The van der Waals surface area contributed by atoms with Gasteiger partial charge in [-0.2, -0.15) is 0 Å². The lowest BCUT2D eigenvalue weighted by atomic mass is 10.2. The van der Waals surface area contributed by atoms with Gasteiger partial charge in [0.05, 0.1) is 23.0 Å². The Labute approximate surface area is 144 Å². The van der Waals surface area contributed by atoms with Crippen LogP contribution >= 0.6 is 39.0 Å². The zero-order valence-electron chi connectivity index (χ0n) is 12.0. The molecule has 0 spiro atoms. The van der Waals surface area contributed by atoms with Crippen LogP contribution in [0.3, 0.4) is 0 Å². The number of aromatic nitrogens is 2. The topological polar surface area (TPSA) is 44.1 Å². The average Bonchev–Trinajstić information content (AvgIpc) is 2.95. The molecular formula is C15H13BrN2O2S2. The molecule has 4 nitrogen and oxygen atoms in total. The largest absolute Gasteiger partial charge is 0.497 e. The van der Waals surface area contributed by atoms with Gasteiger partial charge in [0, 0.05) is 0 Å². The van der Waals surface area contributed by atoms with Crippen LogP contribution in [-0.4, -0.2) is 22.9 Å². The summed E-state index contributed by atoms with van der Waals surface area (Å²) in [6.45, 7) is 0.492. The Hall–Kier alpha value is -1.31. The Bertz CT molecular complexity index is 872. The Kier molecular flexibility index (Phi) is 4.56. The van der Waals surface area contributed by atoms with Gasteiger partial charge < -0.3 is 4.74 Å². The third-order valence-corrected chi connectivity index (χ3v) is 5.91. The quantitative estimate of drug-likeness (QED) is 0.493. The van der Waals surface area contributed by atoms with Crippen molar-refractivity contribution in [1.82, 2.24) is 9.55 Å². The molecule has 1 aromatic carbocycles. The highest BCUT2D eigenvalue weighted by molar-refractivity contribution is 9.10. The van der Waals surface area contributed by atoms with Crippen molar-refractivity contribution in [3.63, 3.8) is 0 Å². The van der Waals surface area contributed by atoms with E-state index in [-0.39, 0.29) is 5.56 Å². The number of benzene rings is 1. The molecule has 0 fully saturated rings. The summed E-state index contributed by atoms with van der Waals surface area (Å²) in [6.07, 6.45) is 1.96. The zero-order valence-corrected chi connectivity index (χ0v) is 15.2. The third kappa shape index (κ3) is 2.93. The molecule has 114 valence electrons. The second-order valence-electron chi connectivity index (χ2n) is 4.60. The number of thioether (sulfide) groups is 1. The maximum absolute atomic E-state index is 12.6. The number of nitrogens with zero attached hydrogens (tertiary/aromatic N) is 2. The number of pyridine rings is 1. The summed E-state index contributed by atoms with van der Waals surface area (Å²) in [5, 5.41) is 0. The van der Waals surface area contributed by atoms with Crippen LogP contribution in [-0.2, 0) is 6.54 Å². The van der Waals surface area contributed by atoms with Crippen LogP contribution in [0.15, 0.2) is 44.1 Å². The summed E-state index contributed by atoms with van der Waals surface area (Å²) in [7, 11) is 1.63. The fourth-order valence-corrected chi connectivity index (χ4v) is 4.30. The lowest BCUT2D eigenvalue weighted by Crippen LogP contribution is -2.21. The summed E-state index contributed by atoms with van der Waals surface area (Å²) in [4.78, 5) is 17.1. The fraction of sp³-hybridized carbons (Fsp3) is 0.200. The molecule has 0 aliphatic heterocycles. The van der Waals surface area contributed by atoms with Crippen LogP contribution in [0.2, 0.25) is 0 Å². The number of rotatable bonds is 4. The Morgan fingerprint density at radius 1 is 1.36 bits per heavy atom. The SMILES string of the molecule is COc1ccc(Cn2c(Br)cc3sc(SC)nc3c2=O)cc1. The molecule has 0 unspecified atom stereocenters. The number of thiazole rings is 1. The van der Waals surface area contributed by atoms with E-state index in [9.17, 15) is 4.79 Å². The highest BCUT2D eigenvalue weighted by Crippen LogP contribution is 2.28. The number of ether oxygens (including phenoxy) is 1. The van der Waals surface area contributed by atoms with Gasteiger partial charge in [-0.1, -0.05) is 23.9 Å². The van der Waals surface area contributed by atoms with E-state index < -0.39 is 0 Å². The monoisotopic (exact) mass is 396 g/mol. The van der Waals surface area contributed by atoms with Crippen LogP contribution in [0.1, 0.15) is 5.56 Å². The van der Waals surface area contributed by atoms with E-state index in [2.05, 4.69) is 20.9 Å². The minimum atomic E-state index is -0.0725. The number of hydrogen-bond acceptors (Lipinski definition) is 5. The standard InChI is InChI=1S/C15H13BrN2O2S2/c1-20-10-5-3-9(4-6-10)8-18-12(16)7-11-13(14(18)19)17-15(21-2)22-11/h3-7H,8H2,1-2H3. The summed E-state index contributed by atoms with van der Waals surface area (Å²) >= 11 is 6.59. The molecule has 0 aliphatic carbocycles. The van der Waals surface area contributed by atoms with E-state index in [4.69, 9.17) is 4.74 Å². The van der Waals surface area contributed by atoms with E-state index in [1.807, 2.05) is 36.6 Å². The van der Waals surface area contributed by atoms with Crippen molar-refractivity contribution in [2.75, 3.05) is 13.4 Å². The normalized spacial score (nSPS) is 11.0. The molecular weight excluding hydrogens is 384 g/mol. The van der Waals surface area contributed by atoms with E-state index in [1.165, 1.54) is 11.3 Å². The molecule has 0 saturated heterocycles. The highest BCUT2D eigenvalue weighted by atomic mass is 79.9. The molecule has 0 atom stereocenters. The number of hydrogen-bond donors (Lipinski definition) is 0. The maximum atomic E-state index is 12.6. The maximum Gasteiger partial charge on any atom is 0.279 e. The first kappa shape index (κ1) is 15.6. The number of methoxy groups -OCH3 is 1. The van der Waals surface area contributed by atoms with Crippen molar-refractivity contribution in [2.24, 2.45) is 0 Å². The molecule has 3 aromatic rings. The Balaban J connectivity index is 2.03. The Morgan fingerprint density at radius 3 is 2.73 bits per heavy atom. The molecule has 0 N–H and O–H groups in total. The minimum Gasteiger partial charge on any atom is -0.497 e. The lowest BCUT2D eigenvalue weighted by molar-refractivity contribution is 0.414. The van der Waals surface area contributed by atoms with Gasteiger partial charge in [-0.05, 0) is 45.9 Å². The van der Waals surface area contributed by atoms with Crippen molar-refractivity contribution in [2.45, 2.75) is 10.9 Å². The van der Waals surface area contributed by atoms with Crippen molar-refractivity contribution in [3.05, 3.63) is 50.9 Å².